The van der Waals surface area contributed by atoms with Crippen LogP contribution in [0.2, 0.25) is 0 Å². The molecule has 2 heterocycles. The summed E-state index contributed by atoms with van der Waals surface area (Å²) in [5, 5.41) is 0. The molecule has 0 bridgehead atoms. The number of hydrogen-bond acceptors (Lipinski definition) is 2. The number of hydrogen-bond donors (Lipinski definition) is 0. The molecule has 3 rings (SSSR count). The van der Waals surface area contributed by atoms with Crippen LogP contribution in [0, 0.1) is 0 Å². The van der Waals surface area contributed by atoms with Crippen molar-refractivity contribution < 1.29 is 4.74 Å². The number of rotatable bonds is 1. The highest BCUT2D eigenvalue weighted by Gasteiger charge is 2.21. The summed E-state index contributed by atoms with van der Waals surface area (Å²) >= 11 is 3.47. The maximum absolute atomic E-state index is 6.01. The molecule has 3 heteroatoms. The van der Waals surface area contributed by atoms with Crippen molar-refractivity contribution in [3.05, 3.63) is 58.3 Å². The number of aromatic nitrogens is 1. The molecule has 17 heavy (non-hydrogen) atoms. The van der Waals surface area contributed by atoms with E-state index in [4.69, 9.17) is 4.74 Å². The number of nitrogens with zero attached hydrogens (tertiary/aromatic N) is 1. The van der Waals surface area contributed by atoms with Gasteiger partial charge in [0.15, 0.2) is 0 Å². The third kappa shape index (κ3) is 2.20. The first-order chi connectivity index (χ1) is 8.33. The third-order valence-corrected chi connectivity index (χ3v) is 3.49. The molecule has 0 aliphatic carbocycles. The number of benzene rings is 1. The van der Waals surface area contributed by atoms with Crippen molar-refractivity contribution >= 4 is 15.9 Å². The lowest BCUT2D eigenvalue weighted by Crippen LogP contribution is -2.16. The molecule has 1 aromatic heterocycles. The number of halogens is 1. The van der Waals surface area contributed by atoms with Gasteiger partial charge in [-0.25, -0.2) is 0 Å². The van der Waals surface area contributed by atoms with Crippen LogP contribution in [-0.2, 0) is 6.42 Å². The first-order valence-corrected chi connectivity index (χ1v) is 6.48. The fraction of sp³-hybridized carbons (Fsp3) is 0.214. The molecule has 0 spiro atoms. The van der Waals surface area contributed by atoms with Crippen LogP contribution in [0.5, 0.6) is 5.75 Å². The number of aryl methyl sites for hydroxylation is 1. The zero-order valence-electron chi connectivity index (χ0n) is 9.27. The molecule has 0 amide bonds. The molecule has 0 N–H and O–H groups in total. The maximum atomic E-state index is 6.01. The Morgan fingerprint density at radius 3 is 3.00 bits per heavy atom. The summed E-state index contributed by atoms with van der Waals surface area (Å²) in [5.41, 5.74) is 2.29. The van der Waals surface area contributed by atoms with Gasteiger partial charge in [-0.1, -0.05) is 28.1 Å². The number of ether oxygens (including phenoxy) is 1. The van der Waals surface area contributed by atoms with Gasteiger partial charge in [-0.2, -0.15) is 0 Å². The van der Waals surface area contributed by atoms with Crippen LogP contribution in [0.3, 0.4) is 0 Å². The first kappa shape index (κ1) is 10.8. The fourth-order valence-electron chi connectivity index (χ4n) is 2.12. The predicted octanol–water partition coefficient (Wildman–Crippen LogP) is 3.91. The largest absolute Gasteiger partial charge is 0.484 e. The number of pyridine rings is 1. The van der Waals surface area contributed by atoms with Crippen molar-refractivity contribution in [2.45, 2.75) is 18.9 Å². The average Bonchev–Trinajstić information content (AvgIpc) is 2.39. The molecule has 0 fully saturated rings. The summed E-state index contributed by atoms with van der Waals surface area (Å²) in [5.74, 6) is 0.973. The van der Waals surface area contributed by atoms with E-state index < -0.39 is 0 Å². The lowest BCUT2D eigenvalue weighted by atomic mass is 10.0. The molecule has 86 valence electrons. The van der Waals surface area contributed by atoms with Crippen molar-refractivity contribution in [2.75, 3.05) is 0 Å². The molecule has 2 aromatic rings. The van der Waals surface area contributed by atoms with Gasteiger partial charge in [-0.3, -0.25) is 4.98 Å². The molecule has 1 aliphatic rings. The standard InChI is InChI=1S/C14H12BrNO/c15-11-6-4-10-5-7-13(17-14(10)9-11)12-3-1-2-8-16-12/h1-4,6,8-9,13H,5,7H2/t13-/m0/s1. The summed E-state index contributed by atoms with van der Waals surface area (Å²) in [6.45, 7) is 0. The molecule has 0 saturated carbocycles. The molecule has 0 radical (unpaired) electrons. The molecular weight excluding hydrogens is 278 g/mol. The highest BCUT2D eigenvalue weighted by atomic mass is 79.9. The van der Waals surface area contributed by atoms with Crippen LogP contribution in [0.25, 0.3) is 0 Å². The quantitative estimate of drug-likeness (QED) is 0.794. The molecule has 2 nitrogen and oxygen atoms in total. The normalized spacial score (nSPS) is 18.3. The van der Waals surface area contributed by atoms with E-state index in [0.717, 1.165) is 28.8 Å². The van der Waals surface area contributed by atoms with E-state index in [1.165, 1.54) is 5.56 Å². The molecular formula is C14H12BrNO. The van der Waals surface area contributed by atoms with E-state index in [1.54, 1.807) is 0 Å². The van der Waals surface area contributed by atoms with Crippen LogP contribution in [-0.4, -0.2) is 4.98 Å². The van der Waals surface area contributed by atoms with Crippen LogP contribution < -0.4 is 4.74 Å². The minimum Gasteiger partial charge on any atom is -0.484 e. The monoisotopic (exact) mass is 289 g/mol. The Bertz CT molecular complexity index is 527. The minimum atomic E-state index is 0.0815. The summed E-state index contributed by atoms with van der Waals surface area (Å²) in [7, 11) is 0. The molecule has 0 unspecified atom stereocenters. The molecule has 1 atom stereocenters. The van der Waals surface area contributed by atoms with Crippen molar-refractivity contribution in [2.24, 2.45) is 0 Å². The highest BCUT2D eigenvalue weighted by Crippen LogP contribution is 2.35. The van der Waals surface area contributed by atoms with E-state index in [1.807, 2.05) is 30.5 Å². The zero-order chi connectivity index (χ0) is 11.7. The van der Waals surface area contributed by atoms with E-state index in [-0.39, 0.29) is 6.10 Å². The van der Waals surface area contributed by atoms with Crippen molar-refractivity contribution in [1.82, 2.24) is 4.98 Å². The van der Waals surface area contributed by atoms with Gasteiger partial charge in [0, 0.05) is 10.7 Å². The van der Waals surface area contributed by atoms with Gasteiger partial charge in [0.05, 0.1) is 5.69 Å². The van der Waals surface area contributed by atoms with Crippen molar-refractivity contribution in [3.8, 4) is 5.75 Å². The smallest absolute Gasteiger partial charge is 0.141 e. The third-order valence-electron chi connectivity index (χ3n) is 2.99. The zero-order valence-corrected chi connectivity index (χ0v) is 10.9. The van der Waals surface area contributed by atoms with Crippen LogP contribution in [0.1, 0.15) is 23.8 Å². The van der Waals surface area contributed by atoms with Crippen molar-refractivity contribution in [3.63, 3.8) is 0 Å². The first-order valence-electron chi connectivity index (χ1n) is 5.69. The van der Waals surface area contributed by atoms with E-state index >= 15 is 0 Å². The Morgan fingerprint density at radius 2 is 2.18 bits per heavy atom. The van der Waals surface area contributed by atoms with Gasteiger partial charge in [0.2, 0.25) is 0 Å². The lowest BCUT2D eigenvalue weighted by Gasteiger charge is -2.25. The van der Waals surface area contributed by atoms with E-state index in [0.29, 0.717) is 0 Å². The van der Waals surface area contributed by atoms with Gasteiger partial charge in [-0.05, 0) is 42.7 Å². The second-order valence-electron chi connectivity index (χ2n) is 4.15. The van der Waals surface area contributed by atoms with Gasteiger partial charge >= 0.3 is 0 Å². The summed E-state index contributed by atoms with van der Waals surface area (Å²) < 4.78 is 7.06. The maximum Gasteiger partial charge on any atom is 0.141 e. The summed E-state index contributed by atoms with van der Waals surface area (Å²) in [6, 6.07) is 12.2. The molecule has 1 aromatic carbocycles. The van der Waals surface area contributed by atoms with Gasteiger partial charge in [0.25, 0.3) is 0 Å². The Kier molecular flexibility index (Phi) is 2.85. The lowest BCUT2D eigenvalue weighted by molar-refractivity contribution is 0.172. The SMILES string of the molecule is Brc1ccc2c(c1)O[C@H](c1ccccn1)CC2. The Morgan fingerprint density at radius 1 is 1.24 bits per heavy atom. The molecule has 1 aliphatic heterocycles. The van der Waals surface area contributed by atoms with Crippen LogP contribution in [0.4, 0.5) is 0 Å². The minimum absolute atomic E-state index is 0.0815. The summed E-state index contributed by atoms with van der Waals surface area (Å²) in [6.07, 6.45) is 3.93. The van der Waals surface area contributed by atoms with E-state index in [9.17, 15) is 0 Å². The van der Waals surface area contributed by atoms with Crippen molar-refractivity contribution in [1.29, 1.82) is 0 Å². The molecule has 0 saturated heterocycles. The Labute approximate surface area is 109 Å². The van der Waals surface area contributed by atoms with Gasteiger partial charge < -0.3 is 4.74 Å². The van der Waals surface area contributed by atoms with Crippen LogP contribution >= 0.6 is 15.9 Å². The fourth-order valence-corrected chi connectivity index (χ4v) is 2.46. The van der Waals surface area contributed by atoms with Gasteiger partial charge in [-0.15, -0.1) is 0 Å². The second-order valence-corrected chi connectivity index (χ2v) is 5.07. The predicted molar refractivity (Wildman–Crippen MR) is 70.1 cm³/mol. The van der Waals surface area contributed by atoms with Gasteiger partial charge in [0.1, 0.15) is 11.9 Å². The Balaban J connectivity index is 1.90. The second kappa shape index (κ2) is 4.49. The van der Waals surface area contributed by atoms with E-state index in [2.05, 4.69) is 33.0 Å². The average molecular weight is 290 g/mol. The number of fused-ring (bicyclic) bond motifs is 1. The highest BCUT2D eigenvalue weighted by molar-refractivity contribution is 9.10. The Hall–Kier alpha value is -1.35. The topological polar surface area (TPSA) is 22.1 Å². The van der Waals surface area contributed by atoms with Crippen LogP contribution in [0.15, 0.2) is 47.1 Å². The summed E-state index contributed by atoms with van der Waals surface area (Å²) in [4.78, 5) is 4.36.